The van der Waals surface area contributed by atoms with Crippen molar-refractivity contribution in [3.63, 3.8) is 0 Å². The zero-order valence-corrected chi connectivity index (χ0v) is 11.9. The van der Waals surface area contributed by atoms with E-state index in [4.69, 9.17) is 4.74 Å². The second-order valence-electron chi connectivity index (χ2n) is 4.33. The molecule has 1 aromatic carbocycles. The van der Waals surface area contributed by atoms with Gasteiger partial charge in [-0.25, -0.2) is 0 Å². The number of alkyl halides is 3. The SMILES string of the molecule is CCOc1ccccc1CNC(=O)C(C)OCC(F)(F)F. The molecule has 0 saturated heterocycles. The number of amides is 1. The first-order valence-corrected chi connectivity index (χ1v) is 6.50. The molecule has 0 fully saturated rings. The van der Waals surface area contributed by atoms with E-state index < -0.39 is 24.8 Å². The molecule has 0 aromatic heterocycles. The predicted molar refractivity (Wildman–Crippen MR) is 70.9 cm³/mol. The van der Waals surface area contributed by atoms with E-state index in [1.807, 2.05) is 6.92 Å². The largest absolute Gasteiger partial charge is 0.494 e. The van der Waals surface area contributed by atoms with Crippen molar-refractivity contribution in [1.82, 2.24) is 5.32 Å². The van der Waals surface area contributed by atoms with Gasteiger partial charge >= 0.3 is 6.18 Å². The van der Waals surface area contributed by atoms with Crippen LogP contribution in [0.2, 0.25) is 0 Å². The van der Waals surface area contributed by atoms with E-state index in [1.165, 1.54) is 6.92 Å². The van der Waals surface area contributed by atoms with Crippen molar-refractivity contribution in [1.29, 1.82) is 0 Å². The molecule has 118 valence electrons. The fraction of sp³-hybridized carbons (Fsp3) is 0.500. The van der Waals surface area contributed by atoms with Crippen LogP contribution in [-0.2, 0) is 16.1 Å². The van der Waals surface area contributed by atoms with Crippen LogP contribution in [-0.4, -0.2) is 31.4 Å². The third-order valence-electron chi connectivity index (χ3n) is 2.59. The molecule has 0 aliphatic carbocycles. The number of hydrogen-bond donors (Lipinski definition) is 1. The number of rotatable bonds is 7. The van der Waals surface area contributed by atoms with Crippen molar-refractivity contribution in [3.05, 3.63) is 29.8 Å². The number of ether oxygens (including phenoxy) is 2. The van der Waals surface area contributed by atoms with Gasteiger partial charge in [-0.2, -0.15) is 13.2 Å². The minimum absolute atomic E-state index is 0.161. The molecule has 0 radical (unpaired) electrons. The number of hydrogen-bond acceptors (Lipinski definition) is 3. The fourth-order valence-corrected chi connectivity index (χ4v) is 1.57. The molecule has 4 nitrogen and oxygen atoms in total. The van der Waals surface area contributed by atoms with Crippen LogP contribution in [0, 0.1) is 0 Å². The van der Waals surface area contributed by atoms with Crippen LogP contribution < -0.4 is 10.1 Å². The third-order valence-corrected chi connectivity index (χ3v) is 2.59. The molecule has 0 aliphatic heterocycles. The minimum atomic E-state index is -4.45. The molecular weight excluding hydrogens is 287 g/mol. The Bertz CT molecular complexity index is 463. The van der Waals surface area contributed by atoms with Crippen LogP contribution >= 0.6 is 0 Å². The fourth-order valence-electron chi connectivity index (χ4n) is 1.57. The summed E-state index contributed by atoms with van der Waals surface area (Å²) >= 11 is 0. The Balaban J connectivity index is 2.49. The molecule has 1 amide bonds. The van der Waals surface area contributed by atoms with Gasteiger partial charge in [-0.15, -0.1) is 0 Å². The van der Waals surface area contributed by atoms with Crippen LogP contribution in [0.25, 0.3) is 0 Å². The highest BCUT2D eigenvalue weighted by molar-refractivity contribution is 5.80. The van der Waals surface area contributed by atoms with Gasteiger partial charge in [0.05, 0.1) is 6.61 Å². The standard InChI is InChI=1S/C14H18F3NO3/c1-3-20-12-7-5-4-6-11(12)8-18-13(19)10(2)21-9-14(15,16)17/h4-7,10H,3,8-9H2,1-2H3,(H,18,19). The zero-order valence-electron chi connectivity index (χ0n) is 11.9. The molecule has 0 heterocycles. The highest BCUT2D eigenvalue weighted by Crippen LogP contribution is 2.18. The van der Waals surface area contributed by atoms with Crippen LogP contribution in [0.15, 0.2) is 24.3 Å². The normalized spacial score (nSPS) is 12.8. The maximum Gasteiger partial charge on any atom is 0.411 e. The summed E-state index contributed by atoms with van der Waals surface area (Å²) in [5.41, 5.74) is 0.746. The number of benzene rings is 1. The Morgan fingerprint density at radius 3 is 2.62 bits per heavy atom. The van der Waals surface area contributed by atoms with Crippen LogP contribution in [0.4, 0.5) is 13.2 Å². The first-order chi connectivity index (χ1) is 9.83. The molecule has 1 N–H and O–H groups in total. The monoisotopic (exact) mass is 305 g/mol. The maximum absolute atomic E-state index is 12.0. The highest BCUT2D eigenvalue weighted by Gasteiger charge is 2.29. The molecule has 0 bridgehead atoms. The Morgan fingerprint density at radius 2 is 2.00 bits per heavy atom. The minimum Gasteiger partial charge on any atom is -0.494 e. The van der Waals surface area contributed by atoms with Gasteiger partial charge in [-0.1, -0.05) is 18.2 Å². The van der Waals surface area contributed by atoms with Gasteiger partial charge in [0.2, 0.25) is 5.91 Å². The summed E-state index contributed by atoms with van der Waals surface area (Å²) in [5.74, 6) is 0.0229. The van der Waals surface area contributed by atoms with Crippen molar-refractivity contribution in [2.45, 2.75) is 32.7 Å². The smallest absolute Gasteiger partial charge is 0.411 e. The molecular formula is C14H18F3NO3. The summed E-state index contributed by atoms with van der Waals surface area (Å²) in [4.78, 5) is 11.7. The van der Waals surface area contributed by atoms with E-state index in [2.05, 4.69) is 10.1 Å². The quantitative estimate of drug-likeness (QED) is 0.842. The van der Waals surface area contributed by atoms with E-state index in [0.29, 0.717) is 12.4 Å². The zero-order chi connectivity index (χ0) is 15.9. The number of halogens is 3. The lowest BCUT2D eigenvalue weighted by Crippen LogP contribution is -2.36. The van der Waals surface area contributed by atoms with Crippen molar-refractivity contribution in [3.8, 4) is 5.75 Å². The van der Waals surface area contributed by atoms with Gasteiger partial charge in [0, 0.05) is 12.1 Å². The Hall–Kier alpha value is -1.76. The molecule has 21 heavy (non-hydrogen) atoms. The molecule has 7 heteroatoms. The van der Waals surface area contributed by atoms with E-state index in [-0.39, 0.29) is 6.54 Å². The van der Waals surface area contributed by atoms with Gasteiger partial charge in [0.25, 0.3) is 0 Å². The third kappa shape index (κ3) is 6.48. The van der Waals surface area contributed by atoms with E-state index >= 15 is 0 Å². The number of carbonyl (C=O) groups is 1. The molecule has 1 unspecified atom stereocenters. The van der Waals surface area contributed by atoms with Crippen molar-refractivity contribution in [2.75, 3.05) is 13.2 Å². The highest BCUT2D eigenvalue weighted by atomic mass is 19.4. The molecule has 1 rings (SSSR count). The second kappa shape index (κ2) is 7.87. The van der Waals surface area contributed by atoms with Crippen molar-refractivity contribution in [2.24, 2.45) is 0 Å². The number of nitrogens with one attached hydrogen (secondary N) is 1. The molecule has 0 aliphatic rings. The Morgan fingerprint density at radius 1 is 1.33 bits per heavy atom. The van der Waals surface area contributed by atoms with Gasteiger partial charge in [-0.3, -0.25) is 4.79 Å². The Kier molecular flexibility index (Phi) is 6.48. The van der Waals surface area contributed by atoms with Crippen LogP contribution in [0.5, 0.6) is 5.75 Å². The maximum atomic E-state index is 12.0. The Labute approximate surface area is 121 Å². The lowest BCUT2D eigenvalue weighted by molar-refractivity contribution is -0.185. The molecule has 0 spiro atoms. The average molecular weight is 305 g/mol. The lowest BCUT2D eigenvalue weighted by Gasteiger charge is -2.15. The summed E-state index contributed by atoms with van der Waals surface area (Å²) in [6.07, 6.45) is -5.62. The van der Waals surface area contributed by atoms with Crippen molar-refractivity contribution < 1.29 is 27.4 Å². The predicted octanol–water partition coefficient (Wildman–Crippen LogP) is 2.67. The van der Waals surface area contributed by atoms with Crippen molar-refractivity contribution >= 4 is 5.91 Å². The van der Waals surface area contributed by atoms with E-state index in [9.17, 15) is 18.0 Å². The average Bonchev–Trinajstić information content (AvgIpc) is 2.43. The van der Waals surface area contributed by atoms with Crippen LogP contribution in [0.3, 0.4) is 0 Å². The molecule has 0 saturated carbocycles. The first kappa shape index (κ1) is 17.3. The lowest BCUT2D eigenvalue weighted by atomic mass is 10.2. The number of carbonyl (C=O) groups excluding carboxylic acids is 1. The van der Waals surface area contributed by atoms with E-state index in [1.54, 1.807) is 24.3 Å². The number of para-hydroxylation sites is 1. The summed E-state index contributed by atoms with van der Waals surface area (Å²) in [5, 5.41) is 2.52. The van der Waals surface area contributed by atoms with Gasteiger partial charge < -0.3 is 14.8 Å². The van der Waals surface area contributed by atoms with Gasteiger partial charge in [0.15, 0.2) is 0 Å². The van der Waals surface area contributed by atoms with E-state index in [0.717, 1.165) is 5.56 Å². The summed E-state index contributed by atoms with van der Waals surface area (Å²) in [7, 11) is 0. The van der Waals surface area contributed by atoms with Crippen LogP contribution in [0.1, 0.15) is 19.4 Å². The van der Waals surface area contributed by atoms with Gasteiger partial charge in [-0.05, 0) is 19.9 Å². The summed E-state index contributed by atoms with van der Waals surface area (Å²) in [6.45, 7) is 2.31. The molecule has 1 atom stereocenters. The topological polar surface area (TPSA) is 47.6 Å². The summed E-state index contributed by atoms with van der Waals surface area (Å²) < 4.78 is 45.8. The molecule has 1 aromatic rings. The first-order valence-electron chi connectivity index (χ1n) is 6.50. The second-order valence-corrected chi connectivity index (χ2v) is 4.33. The van der Waals surface area contributed by atoms with Gasteiger partial charge in [0.1, 0.15) is 18.5 Å². The summed E-state index contributed by atoms with van der Waals surface area (Å²) in [6, 6.07) is 7.11.